The van der Waals surface area contributed by atoms with E-state index in [9.17, 15) is 9.59 Å². The van der Waals surface area contributed by atoms with Gasteiger partial charge < -0.3 is 10.1 Å². The number of ether oxygens (including phenoxy) is 1. The summed E-state index contributed by atoms with van der Waals surface area (Å²) in [6.45, 7) is 1.93. The molecule has 0 bridgehead atoms. The van der Waals surface area contributed by atoms with Crippen LogP contribution < -0.4 is 15.0 Å². The lowest BCUT2D eigenvalue weighted by molar-refractivity contribution is -0.118. The van der Waals surface area contributed by atoms with Gasteiger partial charge in [0.2, 0.25) is 0 Å². The molecule has 1 heterocycles. The number of carbonyl (C=O) groups is 2. The minimum Gasteiger partial charge on any atom is -0.483 e. The number of aryl methyl sites for hydroxylation is 1. The minimum absolute atomic E-state index is 0.147. The number of nitrogens with zero attached hydrogens (tertiary/aromatic N) is 1. The van der Waals surface area contributed by atoms with Crippen LogP contribution in [0.3, 0.4) is 0 Å². The molecular weight excluding hydrogens is 452 g/mol. The second-order valence-electron chi connectivity index (χ2n) is 7.28. The van der Waals surface area contributed by atoms with E-state index in [2.05, 4.69) is 12.2 Å². The highest BCUT2D eigenvalue weighted by molar-refractivity contribution is 8.27. The molecule has 0 spiro atoms. The van der Waals surface area contributed by atoms with E-state index in [1.165, 1.54) is 22.2 Å². The molecule has 0 aromatic heterocycles. The van der Waals surface area contributed by atoms with Gasteiger partial charge in [0.25, 0.3) is 11.8 Å². The number of nitrogens with one attached hydrogen (secondary N) is 1. The summed E-state index contributed by atoms with van der Waals surface area (Å²) < 4.78 is 6.25. The van der Waals surface area contributed by atoms with E-state index in [1.54, 1.807) is 12.1 Å². The maximum Gasteiger partial charge on any atom is 0.270 e. The molecule has 5 nitrogen and oxygen atoms in total. The lowest BCUT2D eigenvalue weighted by atomic mass is 10.1. The fourth-order valence-corrected chi connectivity index (χ4v) is 4.59. The summed E-state index contributed by atoms with van der Waals surface area (Å²) in [7, 11) is 0. The van der Waals surface area contributed by atoms with Gasteiger partial charge in [-0.3, -0.25) is 14.5 Å². The van der Waals surface area contributed by atoms with Gasteiger partial charge in [0, 0.05) is 11.3 Å². The first-order valence-electron chi connectivity index (χ1n) is 10.5. The van der Waals surface area contributed by atoms with Crippen molar-refractivity contribution in [2.75, 3.05) is 16.8 Å². The molecule has 1 fully saturated rings. The first-order chi connectivity index (χ1) is 16.0. The number of anilines is 2. The third kappa shape index (κ3) is 5.50. The van der Waals surface area contributed by atoms with Crippen molar-refractivity contribution in [3.63, 3.8) is 0 Å². The number of rotatable bonds is 7. The van der Waals surface area contributed by atoms with Crippen molar-refractivity contribution in [3.8, 4) is 5.75 Å². The summed E-state index contributed by atoms with van der Waals surface area (Å²) in [5.41, 5.74) is 3.36. The molecule has 0 atom stereocenters. The summed E-state index contributed by atoms with van der Waals surface area (Å²) in [4.78, 5) is 27.4. The SMILES string of the molecule is CCc1ccc(NC(=O)COc2ccccc2/C=C2\SC(=S)N(c3ccccc3)C2=O)cc1. The Bertz CT molecular complexity index is 1210. The van der Waals surface area contributed by atoms with Crippen LogP contribution in [0.15, 0.2) is 83.8 Å². The van der Waals surface area contributed by atoms with Crippen molar-refractivity contribution >= 4 is 57.6 Å². The molecular formula is C26H22N2O3S2. The van der Waals surface area contributed by atoms with Gasteiger partial charge in [-0.2, -0.15) is 0 Å². The van der Waals surface area contributed by atoms with Crippen LogP contribution in [-0.4, -0.2) is 22.7 Å². The summed E-state index contributed by atoms with van der Waals surface area (Å²) in [6, 6.07) is 24.3. The minimum atomic E-state index is -0.260. The van der Waals surface area contributed by atoms with Crippen LogP contribution in [-0.2, 0) is 16.0 Å². The fourth-order valence-electron chi connectivity index (χ4n) is 3.30. The van der Waals surface area contributed by atoms with Crippen LogP contribution in [0, 0.1) is 0 Å². The molecule has 166 valence electrons. The standard InChI is InChI=1S/C26H22N2O3S2/c1-2-18-12-14-20(15-13-18)27-24(29)17-31-22-11-7-6-8-19(22)16-23-25(30)28(26(32)33-23)21-9-4-3-5-10-21/h3-16H,2,17H2,1H3,(H,27,29)/b23-16-. The largest absolute Gasteiger partial charge is 0.483 e. The lowest BCUT2D eigenvalue weighted by Gasteiger charge is -2.14. The Kier molecular flexibility index (Phi) is 7.22. The number of carbonyl (C=O) groups excluding carboxylic acids is 2. The van der Waals surface area contributed by atoms with Gasteiger partial charge in [0.05, 0.1) is 10.6 Å². The molecule has 3 aromatic rings. The number of hydrogen-bond acceptors (Lipinski definition) is 5. The molecule has 1 saturated heterocycles. The highest BCUT2D eigenvalue weighted by Crippen LogP contribution is 2.37. The van der Waals surface area contributed by atoms with E-state index in [0.29, 0.717) is 20.5 Å². The first kappa shape index (κ1) is 22.8. The van der Waals surface area contributed by atoms with E-state index in [4.69, 9.17) is 17.0 Å². The van der Waals surface area contributed by atoms with E-state index in [0.717, 1.165) is 17.8 Å². The Morgan fingerprint density at radius 2 is 1.73 bits per heavy atom. The van der Waals surface area contributed by atoms with E-state index >= 15 is 0 Å². The van der Waals surface area contributed by atoms with Crippen LogP contribution in [0.4, 0.5) is 11.4 Å². The first-order valence-corrected chi connectivity index (χ1v) is 11.7. The quantitative estimate of drug-likeness (QED) is 0.353. The Labute approximate surface area is 202 Å². The topological polar surface area (TPSA) is 58.6 Å². The number of thiocarbonyl (C=S) groups is 1. The third-order valence-electron chi connectivity index (χ3n) is 5.02. The number of para-hydroxylation sites is 2. The molecule has 1 aliphatic rings. The van der Waals surface area contributed by atoms with Gasteiger partial charge in [0.15, 0.2) is 10.9 Å². The van der Waals surface area contributed by atoms with Gasteiger partial charge in [0.1, 0.15) is 5.75 Å². The predicted octanol–water partition coefficient (Wildman–Crippen LogP) is 5.67. The molecule has 4 rings (SSSR count). The van der Waals surface area contributed by atoms with Crippen molar-refractivity contribution in [3.05, 3.63) is 94.9 Å². The van der Waals surface area contributed by atoms with Crippen molar-refractivity contribution in [2.45, 2.75) is 13.3 Å². The molecule has 3 aromatic carbocycles. The van der Waals surface area contributed by atoms with Gasteiger partial charge >= 0.3 is 0 Å². The molecule has 0 aliphatic carbocycles. The maximum absolute atomic E-state index is 13.0. The van der Waals surface area contributed by atoms with Crippen molar-refractivity contribution in [1.29, 1.82) is 0 Å². The molecule has 7 heteroatoms. The molecule has 0 radical (unpaired) electrons. The molecule has 0 unspecified atom stereocenters. The Hall–Kier alpha value is -3.42. The number of hydrogen-bond donors (Lipinski definition) is 1. The number of amides is 2. The van der Waals surface area contributed by atoms with Crippen LogP contribution >= 0.6 is 24.0 Å². The Morgan fingerprint density at radius 1 is 1.03 bits per heavy atom. The van der Waals surface area contributed by atoms with Crippen molar-refractivity contribution < 1.29 is 14.3 Å². The van der Waals surface area contributed by atoms with Crippen molar-refractivity contribution in [1.82, 2.24) is 0 Å². The highest BCUT2D eigenvalue weighted by atomic mass is 32.2. The van der Waals surface area contributed by atoms with Gasteiger partial charge in [-0.05, 0) is 48.4 Å². The Morgan fingerprint density at radius 3 is 2.45 bits per heavy atom. The van der Waals surface area contributed by atoms with Crippen LogP contribution in [0.5, 0.6) is 5.75 Å². The molecule has 2 amide bonds. The Balaban J connectivity index is 1.45. The van der Waals surface area contributed by atoms with Crippen LogP contribution in [0.25, 0.3) is 6.08 Å². The maximum atomic E-state index is 13.0. The average Bonchev–Trinajstić information content (AvgIpc) is 3.12. The molecule has 33 heavy (non-hydrogen) atoms. The fraction of sp³-hybridized carbons (Fsp3) is 0.115. The van der Waals surface area contributed by atoms with Gasteiger partial charge in [-0.1, -0.05) is 79.4 Å². The summed E-state index contributed by atoms with van der Waals surface area (Å²) in [6.07, 6.45) is 2.69. The van der Waals surface area contributed by atoms with Gasteiger partial charge in [-0.25, -0.2) is 0 Å². The third-order valence-corrected chi connectivity index (χ3v) is 6.32. The van der Waals surface area contributed by atoms with Crippen molar-refractivity contribution in [2.24, 2.45) is 0 Å². The van der Waals surface area contributed by atoms with Crippen LogP contribution in [0.2, 0.25) is 0 Å². The highest BCUT2D eigenvalue weighted by Gasteiger charge is 2.33. The van der Waals surface area contributed by atoms with E-state index in [-0.39, 0.29) is 18.4 Å². The zero-order valence-corrected chi connectivity index (χ0v) is 19.6. The summed E-state index contributed by atoms with van der Waals surface area (Å²) >= 11 is 6.68. The monoisotopic (exact) mass is 474 g/mol. The smallest absolute Gasteiger partial charge is 0.270 e. The number of benzene rings is 3. The van der Waals surface area contributed by atoms with Gasteiger partial charge in [-0.15, -0.1) is 0 Å². The second-order valence-corrected chi connectivity index (χ2v) is 8.95. The molecule has 1 aliphatic heterocycles. The zero-order valence-electron chi connectivity index (χ0n) is 18.0. The average molecular weight is 475 g/mol. The molecule has 1 N–H and O–H groups in total. The summed E-state index contributed by atoms with van der Waals surface area (Å²) in [5.74, 6) is 0.0719. The van der Waals surface area contributed by atoms with E-state index in [1.807, 2.05) is 72.8 Å². The van der Waals surface area contributed by atoms with E-state index < -0.39 is 0 Å². The predicted molar refractivity (Wildman–Crippen MR) is 138 cm³/mol. The summed E-state index contributed by atoms with van der Waals surface area (Å²) in [5, 5.41) is 2.83. The molecule has 0 saturated carbocycles. The lowest BCUT2D eigenvalue weighted by Crippen LogP contribution is -2.27. The zero-order chi connectivity index (χ0) is 23.2. The second kappa shape index (κ2) is 10.5. The van der Waals surface area contributed by atoms with Crippen LogP contribution in [0.1, 0.15) is 18.1 Å². The number of thioether (sulfide) groups is 1. The normalized spacial score (nSPS) is 14.6.